The van der Waals surface area contributed by atoms with Gasteiger partial charge in [-0.25, -0.2) is 4.79 Å². The Hall–Kier alpha value is -2.12. The predicted octanol–water partition coefficient (Wildman–Crippen LogP) is 0.504. The molecule has 20 heavy (non-hydrogen) atoms. The van der Waals surface area contributed by atoms with Crippen LogP contribution in [0.5, 0.6) is 0 Å². The van der Waals surface area contributed by atoms with Crippen molar-refractivity contribution in [3.05, 3.63) is 12.2 Å². The fraction of sp³-hybridized carbons (Fsp3) is 0.667. The Morgan fingerprint density at radius 2 is 2.10 bits per heavy atom. The Morgan fingerprint density at radius 3 is 2.55 bits per heavy atom. The zero-order valence-corrected chi connectivity index (χ0v) is 12.2. The van der Waals surface area contributed by atoms with Gasteiger partial charge in [-0.15, -0.1) is 10.2 Å². The third-order valence-electron chi connectivity index (χ3n) is 2.94. The third kappa shape index (κ3) is 4.87. The van der Waals surface area contributed by atoms with E-state index in [-0.39, 0.29) is 18.4 Å². The molecule has 3 N–H and O–H groups in total. The van der Waals surface area contributed by atoms with Crippen LogP contribution < -0.4 is 10.6 Å². The quantitative estimate of drug-likeness (QED) is 0.729. The maximum Gasteiger partial charge on any atom is 0.315 e. The number of nitrogens with one attached hydrogen (secondary N) is 2. The first-order valence-corrected chi connectivity index (χ1v) is 6.29. The Kier molecular flexibility index (Phi) is 5.06. The molecule has 8 heteroatoms. The molecule has 8 nitrogen and oxygen atoms in total. The molecule has 0 aromatic carbocycles. The number of carbonyl (C=O) groups is 2. The molecule has 0 aliphatic heterocycles. The number of aromatic nitrogens is 3. The number of carboxylic acid groups (broad SMARTS) is 1. The number of aryl methyl sites for hydroxylation is 1. The van der Waals surface area contributed by atoms with E-state index in [4.69, 9.17) is 5.11 Å². The SMILES string of the molecule is Cn1cnnc1CNC(=O)NC(CC(=O)O)C(C)(C)C. The molecule has 0 fully saturated rings. The molecule has 0 saturated heterocycles. The van der Waals surface area contributed by atoms with Gasteiger partial charge in [0.1, 0.15) is 6.33 Å². The Morgan fingerprint density at radius 1 is 1.45 bits per heavy atom. The lowest BCUT2D eigenvalue weighted by Crippen LogP contribution is -2.48. The molecule has 2 amide bonds. The van der Waals surface area contributed by atoms with Gasteiger partial charge in [0.2, 0.25) is 0 Å². The molecule has 0 saturated carbocycles. The Balaban J connectivity index is 2.54. The van der Waals surface area contributed by atoms with Crippen LogP contribution in [0.1, 0.15) is 33.0 Å². The van der Waals surface area contributed by atoms with Crippen molar-refractivity contribution < 1.29 is 14.7 Å². The maximum atomic E-state index is 11.8. The topological polar surface area (TPSA) is 109 Å². The highest BCUT2D eigenvalue weighted by Gasteiger charge is 2.28. The number of hydrogen-bond donors (Lipinski definition) is 3. The largest absolute Gasteiger partial charge is 0.481 e. The van der Waals surface area contributed by atoms with Crippen molar-refractivity contribution in [3.8, 4) is 0 Å². The highest BCUT2D eigenvalue weighted by Crippen LogP contribution is 2.21. The first kappa shape index (κ1) is 15.9. The normalized spacial score (nSPS) is 12.8. The van der Waals surface area contributed by atoms with Crippen LogP contribution in [0.15, 0.2) is 6.33 Å². The van der Waals surface area contributed by atoms with Crippen LogP contribution in [0, 0.1) is 5.41 Å². The van der Waals surface area contributed by atoms with Crippen LogP contribution in [-0.4, -0.2) is 37.9 Å². The summed E-state index contributed by atoms with van der Waals surface area (Å²) >= 11 is 0. The molecule has 1 rings (SSSR count). The maximum absolute atomic E-state index is 11.8. The van der Waals surface area contributed by atoms with Crippen molar-refractivity contribution >= 4 is 12.0 Å². The average Bonchev–Trinajstić information content (AvgIpc) is 2.69. The van der Waals surface area contributed by atoms with Crippen molar-refractivity contribution in [2.24, 2.45) is 12.5 Å². The molecule has 1 atom stereocenters. The zero-order chi connectivity index (χ0) is 15.3. The number of rotatable bonds is 5. The standard InChI is InChI=1S/C12H21N5O3/c1-12(2,3)8(5-10(18)19)15-11(20)13-6-9-16-14-7-17(9)4/h7-8H,5-6H2,1-4H3,(H,18,19)(H2,13,15,20). The molecule has 0 radical (unpaired) electrons. The van der Waals surface area contributed by atoms with E-state index in [0.29, 0.717) is 5.82 Å². The summed E-state index contributed by atoms with van der Waals surface area (Å²) in [5, 5.41) is 21.7. The number of amides is 2. The molecule has 1 unspecified atom stereocenters. The number of hydrogen-bond acceptors (Lipinski definition) is 4. The van der Waals surface area contributed by atoms with Crippen LogP contribution in [0.2, 0.25) is 0 Å². The van der Waals surface area contributed by atoms with Crippen LogP contribution in [-0.2, 0) is 18.4 Å². The lowest BCUT2D eigenvalue weighted by molar-refractivity contribution is -0.138. The molecule has 1 aromatic rings. The fourth-order valence-electron chi connectivity index (χ4n) is 1.58. The first-order chi connectivity index (χ1) is 9.20. The second-order valence-electron chi connectivity index (χ2n) is 5.70. The van der Waals surface area contributed by atoms with Gasteiger partial charge in [-0.05, 0) is 5.41 Å². The summed E-state index contributed by atoms with van der Waals surface area (Å²) < 4.78 is 1.69. The van der Waals surface area contributed by atoms with Crippen molar-refractivity contribution in [1.82, 2.24) is 25.4 Å². The van der Waals surface area contributed by atoms with Crippen LogP contribution >= 0.6 is 0 Å². The third-order valence-corrected chi connectivity index (χ3v) is 2.94. The molecule has 0 spiro atoms. The van der Waals surface area contributed by atoms with Crippen molar-refractivity contribution in [2.75, 3.05) is 0 Å². The number of nitrogens with zero attached hydrogens (tertiary/aromatic N) is 3. The predicted molar refractivity (Wildman–Crippen MR) is 71.9 cm³/mol. The zero-order valence-electron chi connectivity index (χ0n) is 12.2. The Labute approximate surface area is 117 Å². The van der Waals surface area contributed by atoms with Gasteiger partial charge >= 0.3 is 12.0 Å². The van der Waals surface area contributed by atoms with Gasteiger partial charge in [0.05, 0.1) is 13.0 Å². The summed E-state index contributed by atoms with van der Waals surface area (Å²) in [4.78, 5) is 22.6. The monoisotopic (exact) mass is 283 g/mol. The highest BCUT2D eigenvalue weighted by atomic mass is 16.4. The molecular formula is C12H21N5O3. The summed E-state index contributed by atoms with van der Waals surface area (Å²) in [5.74, 6) is -0.329. The molecule has 112 valence electrons. The molecule has 0 aliphatic rings. The van der Waals surface area contributed by atoms with E-state index in [1.165, 1.54) is 6.33 Å². The van der Waals surface area contributed by atoms with E-state index in [2.05, 4.69) is 20.8 Å². The van der Waals surface area contributed by atoms with E-state index in [9.17, 15) is 9.59 Å². The summed E-state index contributed by atoms with van der Waals surface area (Å²) in [5.41, 5.74) is -0.347. The number of aliphatic carboxylic acids is 1. The second-order valence-corrected chi connectivity index (χ2v) is 5.70. The van der Waals surface area contributed by atoms with Crippen molar-refractivity contribution in [3.63, 3.8) is 0 Å². The van der Waals surface area contributed by atoms with E-state index in [1.807, 2.05) is 20.8 Å². The lowest BCUT2D eigenvalue weighted by Gasteiger charge is -2.30. The molecule has 0 bridgehead atoms. The second kappa shape index (κ2) is 6.36. The summed E-state index contributed by atoms with van der Waals surface area (Å²) in [6.45, 7) is 5.86. The average molecular weight is 283 g/mol. The lowest BCUT2D eigenvalue weighted by atomic mass is 9.85. The van der Waals surface area contributed by atoms with Crippen molar-refractivity contribution in [1.29, 1.82) is 0 Å². The molecule has 1 aromatic heterocycles. The summed E-state index contributed by atoms with van der Waals surface area (Å²) in [6, 6.07) is -0.881. The fourth-order valence-corrected chi connectivity index (χ4v) is 1.58. The van der Waals surface area contributed by atoms with Crippen LogP contribution in [0.4, 0.5) is 4.79 Å². The van der Waals surface area contributed by atoms with Crippen molar-refractivity contribution in [2.45, 2.75) is 39.8 Å². The first-order valence-electron chi connectivity index (χ1n) is 6.29. The van der Waals surface area contributed by atoms with E-state index in [1.54, 1.807) is 11.6 Å². The highest BCUT2D eigenvalue weighted by molar-refractivity contribution is 5.75. The van der Waals surface area contributed by atoms with Gasteiger partial charge in [-0.1, -0.05) is 20.8 Å². The van der Waals surface area contributed by atoms with E-state index >= 15 is 0 Å². The summed E-state index contributed by atoms with van der Waals surface area (Å²) in [7, 11) is 1.78. The van der Waals surface area contributed by atoms with E-state index < -0.39 is 18.0 Å². The molecule has 0 aliphatic carbocycles. The number of carbonyl (C=O) groups excluding carboxylic acids is 1. The van der Waals surface area contributed by atoms with E-state index in [0.717, 1.165) is 0 Å². The van der Waals surface area contributed by atoms with Gasteiger partial charge in [0.15, 0.2) is 5.82 Å². The molecular weight excluding hydrogens is 262 g/mol. The van der Waals surface area contributed by atoms with Gasteiger partial charge in [-0.2, -0.15) is 0 Å². The van der Waals surface area contributed by atoms with Crippen LogP contribution in [0.3, 0.4) is 0 Å². The van der Waals surface area contributed by atoms with Gasteiger partial charge < -0.3 is 20.3 Å². The van der Waals surface area contributed by atoms with Crippen LogP contribution in [0.25, 0.3) is 0 Å². The van der Waals surface area contributed by atoms with Gasteiger partial charge in [0, 0.05) is 13.1 Å². The molecule has 1 heterocycles. The number of carboxylic acids is 1. The minimum absolute atomic E-state index is 0.124. The Bertz CT molecular complexity index is 478. The van der Waals surface area contributed by atoms with Gasteiger partial charge in [-0.3, -0.25) is 4.79 Å². The minimum Gasteiger partial charge on any atom is -0.481 e. The number of urea groups is 1. The van der Waals surface area contributed by atoms with Gasteiger partial charge in [0.25, 0.3) is 0 Å². The smallest absolute Gasteiger partial charge is 0.315 e. The summed E-state index contributed by atoms with van der Waals surface area (Å²) in [6.07, 6.45) is 1.41. The minimum atomic E-state index is -0.946.